The fraction of sp³-hybridized carbons (Fsp3) is 0.136. The van der Waals surface area contributed by atoms with Crippen LogP contribution in [0.3, 0.4) is 0 Å². The normalized spacial score (nSPS) is 11.9. The largest absolute Gasteiger partial charge is 0.454 e. The lowest BCUT2D eigenvalue weighted by Crippen LogP contribution is -2.31. The number of rotatable bonds is 6. The topological polar surface area (TPSA) is 84.3 Å². The minimum atomic E-state index is -0.519. The number of carbonyl (C=O) groups excluding carboxylic acids is 1. The fourth-order valence-corrected chi connectivity index (χ4v) is 3.70. The van der Waals surface area contributed by atoms with Crippen LogP contribution in [0.25, 0.3) is 10.2 Å². The van der Waals surface area contributed by atoms with Crippen molar-refractivity contribution in [2.45, 2.75) is 13.0 Å². The van der Waals surface area contributed by atoms with Crippen molar-refractivity contribution in [2.75, 3.05) is 6.61 Å². The van der Waals surface area contributed by atoms with Crippen LogP contribution in [0, 0.1) is 6.92 Å². The first-order chi connectivity index (χ1) is 14.1. The van der Waals surface area contributed by atoms with Crippen LogP contribution in [0.1, 0.15) is 27.8 Å². The van der Waals surface area contributed by atoms with Gasteiger partial charge in [-0.1, -0.05) is 30.3 Å². The summed E-state index contributed by atoms with van der Waals surface area (Å²) in [6.45, 7) is 1.69. The first kappa shape index (κ1) is 19.0. The van der Waals surface area contributed by atoms with E-state index in [1.807, 2.05) is 60.8 Å². The molecule has 3 aromatic heterocycles. The number of thiophene rings is 1. The van der Waals surface area contributed by atoms with Crippen molar-refractivity contribution in [1.29, 1.82) is 0 Å². The van der Waals surface area contributed by atoms with Gasteiger partial charge in [0.25, 0.3) is 5.91 Å². The maximum atomic E-state index is 12.9. The molecule has 1 unspecified atom stereocenters. The van der Waals surface area contributed by atoms with Crippen LogP contribution < -0.4 is 10.1 Å². The zero-order chi connectivity index (χ0) is 20.2. The molecule has 4 rings (SSSR count). The van der Waals surface area contributed by atoms with E-state index < -0.39 is 6.04 Å². The molecule has 0 aliphatic heterocycles. The van der Waals surface area contributed by atoms with E-state index in [1.165, 1.54) is 11.3 Å². The maximum Gasteiger partial charge on any atom is 0.270 e. The number of aliphatic hydroxyl groups is 1. The van der Waals surface area contributed by atoms with Crippen LogP contribution in [0.5, 0.6) is 11.5 Å². The quantitative estimate of drug-likeness (QED) is 0.501. The molecule has 0 aliphatic carbocycles. The van der Waals surface area contributed by atoms with Crippen molar-refractivity contribution in [3.8, 4) is 11.5 Å². The summed E-state index contributed by atoms with van der Waals surface area (Å²) in [4.78, 5) is 21.5. The lowest BCUT2D eigenvalue weighted by Gasteiger charge is -2.17. The Bertz CT molecular complexity index is 1130. The lowest BCUT2D eigenvalue weighted by molar-refractivity contribution is 0.0911. The summed E-state index contributed by atoms with van der Waals surface area (Å²) < 4.78 is 6.84. The molecular weight excluding hydrogens is 386 g/mol. The molecule has 0 fully saturated rings. The number of carbonyl (C=O) groups is 1. The van der Waals surface area contributed by atoms with E-state index in [0.717, 1.165) is 16.0 Å². The molecule has 3 heterocycles. The molecular formula is C22H19N3O3S. The highest BCUT2D eigenvalue weighted by Crippen LogP contribution is 2.33. The first-order valence-corrected chi connectivity index (χ1v) is 9.97. The van der Waals surface area contributed by atoms with Gasteiger partial charge in [0.15, 0.2) is 0 Å². The van der Waals surface area contributed by atoms with E-state index in [4.69, 9.17) is 4.74 Å². The van der Waals surface area contributed by atoms with Gasteiger partial charge in [-0.3, -0.25) is 9.78 Å². The molecule has 6 nitrogen and oxygen atoms in total. The van der Waals surface area contributed by atoms with Crippen molar-refractivity contribution < 1.29 is 14.6 Å². The third kappa shape index (κ3) is 4.26. The molecule has 0 radical (unpaired) electrons. The molecule has 1 amide bonds. The number of nitrogens with zero attached hydrogens (tertiary/aromatic N) is 2. The average molecular weight is 405 g/mol. The molecule has 2 N–H and O–H groups in total. The van der Waals surface area contributed by atoms with Gasteiger partial charge in [0, 0.05) is 11.8 Å². The maximum absolute atomic E-state index is 12.9. The van der Waals surface area contributed by atoms with E-state index in [9.17, 15) is 9.90 Å². The molecule has 0 saturated heterocycles. The van der Waals surface area contributed by atoms with Gasteiger partial charge in [0.1, 0.15) is 17.2 Å². The number of nitrogens with one attached hydrogen (secondary N) is 1. The Hall–Kier alpha value is -3.29. The number of hydrogen-bond donors (Lipinski definition) is 2. The summed E-state index contributed by atoms with van der Waals surface area (Å²) in [5.41, 5.74) is 2.62. The second kappa shape index (κ2) is 8.38. The Morgan fingerprint density at radius 2 is 2.03 bits per heavy atom. The van der Waals surface area contributed by atoms with Gasteiger partial charge in [-0.2, -0.15) is 0 Å². The lowest BCUT2D eigenvalue weighted by atomic mass is 10.1. The highest BCUT2D eigenvalue weighted by molar-refractivity contribution is 7.17. The number of pyridine rings is 2. The van der Waals surface area contributed by atoms with Crippen molar-refractivity contribution >= 4 is 27.5 Å². The molecule has 0 saturated carbocycles. The van der Waals surface area contributed by atoms with E-state index in [1.54, 1.807) is 12.3 Å². The van der Waals surface area contributed by atoms with Crippen molar-refractivity contribution in [3.05, 3.63) is 83.1 Å². The summed E-state index contributed by atoms with van der Waals surface area (Å²) in [5, 5.41) is 14.5. The molecule has 29 heavy (non-hydrogen) atoms. The van der Waals surface area contributed by atoms with Crippen LogP contribution in [-0.4, -0.2) is 27.6 Å². The predicted molar refractivity (Wildman–Crippen MR) is 112 cm³/mol. The van der Waals surface area contributed by atoms with Gasteiger partial charge >= 0.3 is 0 Å². The SMILES string of the molecule is Cc1ccc(Oc2cc(C(=O)NC(CO)c3ccccc3)nc3ccsc23)cn1. The van der Waals surface area contributed by atoms with E-state index >= 15 is 0 Å². The number of aromatic nitrogens is 2. The third-order valence-electron chi connectivity index (χ3n) is 4.41. The Balaban J connectivity index is 1.63. The van der Waals surface area contributed by atoms with E-state index in [2.05, 4.69) is 15.3 Å². The molecule has 146 valence electrons. The number of amides is 1. The standard InChI is InChI=1S/C22H19N3O3S/c1-14-7-8-16(12-23-14)28-20-11-18(24-17-9-10-29-21(17)20)22(27)25-19(13-26)15-5-3-2-4-6-15/h2-12,19,26H,13H2,1H3,(H,25,27). The van der Waals surface area contributed by atoms with Gasteiger partial charge < -0.3 is 15.2 Å². The van der Waals surface area contributed by atoms with Crippen LogP contribution >= 0.6 is 11.3 Å². The minimum absolute atomic E-state index is 0.213. The number of benzene rings is 1. The first-order valence-electron chi connectivity index (χ1n) is 9.09. The summed E-state index contributed by atoms with van der Waals surface area (Å²) in [6.07, 6.45) is 1.64. The van der Waals surface area contributed by atoms with Crippen molar-refractivity contribution in [2.24, 2.45) is 0 Å². The molecule has 1 atom stereocenters. The third-order valence-corrected chi connectivity index (χ3v) is 5.33. The van der Waals surface area contributed by atoms with Gasteiger partial charge in [0.05, 0.1) is 29.1 Å². The van der Waals surface area contributed by atoms with E-state index in [0.29, 0.717) is 17.0 Å². The number of ether oxygens (including phenoxy) is 1. The van der Waals surface area contributed by atoms with Gasteiger partial charge in [-0.05, 0) is 36.1 Å². The number of aryl methyl sites for hydroxylation is 1. The average Bonchev–Trinajstić information content (AvgIpc) is 3.23. The summed E-state index contributed by atoms with van der Waals surface area (Å²) in [6, 6.07) is 16.0. The summed E-state index contributed by atoms with van der Waals surface area (Å²) in [7, 11) is 0. The Morgan fingerprint density at radius 1 is 1.21 bits per heavy atom. The summed E-state index contributed by atoms with van der Waals surface area (Å²) in [5.74, 6) is 0.745. The van der Waals surface area contributed by atoms with Crippen LogP contribution in [0.2, 0.25) is 0 Å². The minimum Gasteiger partial charge on any atom is -0.454 e. The Kier molecular flexibility index (Phi) is 5.50. The number of aliphatic hydroxyl groups excluding tert-OH is 1. The second-order valence-corrected chi connectivity index (χ2v) is 7.41. The highest BCUT2D eigenvalue weighted by Gasteiger charge is 2.19. The van der Waals surface area contributed by atoms with E-state index in [-0.39, 0.29) is 18.2 Å². The van der Waals surface area contributed by atoms with Crippen LogP contribution in [-0.2, 0) is 0 Å². The molecule has 0 aliphatic rings. The molecule has 1 aromatic carbocycles. The second-order valence-electron chi connectivity index (χ2n) is 6.50. The Morgan fingerprint density at radius 3 is 2.76 bits per heavy atom. The number of fused-ring (bicyclic) bond motifs is 1. The van der Waals surface area contributed by atoms with Crippen molar-refractivity contribution in [3.63, 3.8) is 0 Å². The summed E-state index contributed by atoms with van der Waals surface area (Å²) >= 11 is 1.49. The zero-order valence-corrected chi connectivity index (χ0v) is 16.5. The highest BCUT2D eigenvalue weighted by atomic mass is 32.1. The van der Waals surface area contributed by atoms with Crippen molar-refractivity contribution in [1.82, 2.24) is 15.3 Å². The molecule has 0 spiro atoms. The van der Waals surface area contributed by atoms with Crippen LogP contribution in [0.15, 0.2) is 66.2 Å². The number of hydrogen-bond acceptors (Lipinski definition) is 6. The zero-order valence-electron chi connectivity index (χ0n) is 15.7. The Labute approximate surface area is 171 Å². The smallest absolute Gasteiger partial charge is 0.270 e. The molecule has 4 aromatic rings. The molecule has 0 bridgehead atoms. The van der Waals surface area contributed by atoms with Crippen LogP contribution in [0.4, 0.5) is 0 Å². The van der Waals surface area contributed by atoms with Gasteiger partial charge in [-0.15, -0.1) is 11.3 Å². The molecule has 7 heteroatoms. The predicted octanol–water partition coefficient (Wildman–Crippen LogP) is 4.26. The van der Waals surface area contributed by atoms with Gasteiger partial charge in [0.2, 0.25) is 0 Å². The fourth-order valence-electron chi connectivity index (χ4n) is 2.91. The van der Waals surface area contributed by atoms with Gasteiger partial charge in [-0.25, -0.2) is 4.98 Å². The monoisotopic (exact) mass is 405 g/mol.